The Labute approximate surface area is 150 Å². The first-order valence-corrected chi connectivity index (χ1v) is 12.0. The molecule has 2 N–H and O–H groups in total. The highest BCUT2D eigenvalue weighted by Gasteiger charge is 2.17. The van der Waals surface area contributed by atoms with Crippen molar-refractivity contribution in [2.24, 2.45) is 0 Å². The minimum Gasteiger partial charge on any atom is -0.494 e. The van der Waals surface area contributed by atoms with Gasteiger partial charge in [0.15, 0.2) is 11.6 Å². The number of benzene rings is 1. The molecular formula is C17H29N5O2Si. The zero-order valence-electron chi connectivity index (χ0n) is 16.0. The molecule has 2 aromatic rings. The molecule has 0 saturated carbocycles. The third kappa shape index (κ3) is 4.96. The number of hydrogen-bond acceptors (Lipinski definition) is 6. The fraction of sp³-hybridized carbons (Fsp3) is 0.529. The predicted molar refractivity (Wildman–Crippen MR) is 105 cm³/mol. The number of aromatic nitrogens is 3. The lowest BCUT2D eigenvalue weighted by Crippen LogP contribution is -2.22. The van der Waals surface area contributed by atoms with Gasteiger partial charge in [-0.2, -0.15) is 0 Å². The van der Waals surface area contributed by atoms with Gasteiger partial charge in [0.05, 0.1) is 24.0 Å². The Balaban J connectivity index is 2.13. The molecule has 0 aliphatic heterocycles. The van der Waals surface area contributed by atoms with E-state index in [0.717, 1.165) is 23.9 Å². The van der Waals surface area contributed by atoms with Gasteiger partial charge >= 0.3 is 0 Å². The highest BCUT2D eigenvalue weighted by atomic mass is 28.3. The molecular weight excluding hydrogens is 334 g/mol. The molecule has 0 fully saturated rings. The van der Waals surface area contributed by atoms with Gasteiger partial charge in [0.25, 0.3) is 0 Å². The molecule has 0 aliphatic rings. The van der Waals surface area contributed by atoms with E-state index in [9.17, 15) is 0 Å². The molecule has 7 nitrogen and oxygen atoms in total. The summed E-state index contributed by atoms with van der Waals surface area (Å²) in [6.45, 7) is 8.14. The summed E-state index contributed by atoms with van der Waals surface area (Å²) >= 11 is 0. The minimum atomic E-state index is -1.08. The van der Waals surface area contributed by atoms with E-state index in [1.807, 2.05) is 31.1 Å². The fourth-order valence-electron chi connectivity index (χ4n) is 2.39. The van der Waals surface area contributed by atoms with Gasteiger partial charge in [-0.3, -0.25) is 0 Å². The van der Waals surface area contributed by atoms with E-state index in [-0.39, 0.29) is 0 Å². The van der Waals surface area contributed by atoms with Gasteiger partial charge < -0.3 is 20.1 Å². The number of rotatable bonds is 8. The average molecular weight is 364 g/mol. The number of ether oxygens (including phenoxy) is 2. The average Bonchev–Trinajstić information content (AvgIpc) is 2.98. The standard InChI is InChI=1S/C17H29N5O2Si/c1-21(2)14-8-7-13(16(23-3)15(14)18)17-19-11-22(20-17)12-24-9-10-25(4,5)6/h7-8,11H,9-10,12,18H2,1-6H3. The third-order valence-electron chi connectivity index (χ3n) is 3.86. The summed E-state index contributed by atoms with van der Waals surface area (Å²) in [7, 11) is 4.40. The van der Waals surface area contributed by atoms with Crippen LogP contribution in [0, 0.1) is 0 Å². The molecule has 0 atom stereocenters. The number of anilines is 2. The lowest BCUT2D eigenvalue weighted by atomic mass is 10.1. The van der Waals surface area contributed by atoms with E-state index in [4.69, 9.17) is 15.2 Å². The molecule has 25 heavy (non-hydrogen) atoms. The Morgan fingerprint density at radius 1 is 1.24 bits per heavy atom. The SMILES string of the molecule is COc1c(-c2ncn(COCC[Si](C)(C)C)n2)ccc(N(C)C)c1N. The highest BCUT2D eigenvalue weighted by molar-refractivity contribution is 6.76. The molecule has 0 spiro atoms. The van der Waals surface area contributed by atoms with E-state index in [1.165, 1.54) is 0 Å². The molecule has 8 heteroatoms. The molecule has 0 saturated heterocycles. The minimum absolute atomic E-state index is 0.394. The molecule has 1 aromatic heterocycles. The van der Waals surface area contributed by atoms with Crippen LogP contribution in [0.3, 0.4) is 0 Å². The maximum atomic E-state index is 6.23. The van der Waals surface area contributed by atoms with Gasteiger partial charge in [-0.1, -0.05) is 19.6 Å². The Hall–Kier alpha value is -2.06. The number of methoxy groups -OCH3 is 1. The monoisotopic (exact) mass is 363 g/mol. The second-order valence-corrected chi connectivity index (χ2v) is 13.1. The van der Waals surface area contributed by atoms with Crippen molar-refractivity contribution in [3.63, 3.8) is 0 Å². The van der Waals surface area contributed by atoms with Gasteiger partial charge in [-0.05, 0) is 18.2 Å². The number of nitrogen functional groups attached to an aromatic ring is 1. The van der Waals surface area contributed by atoms with Crippen LogP contribution >= 0.6 is 0 Å². The first-order valence-electron chi connectivity index (χ1n) is 8.34. The van der Waals surface area contributed by atoms with Crippen LogP contribution in [0.4, 0.5) is 11.4 Å². The van der Waals surface area contributed by atoms with E-state index >= 15 is 0 Å². The number of nitrogens with two attached hydrogens (primary N) is 1. The van der Waals surface area contributed by atoms with Crippen molar-refractivity contribution in [1.29, 1.82) is 0 Å². The summed E-state index contributed by atoms with van der Waals surface area (Å²) in [5.74, 6) is 1.16. The van der Waals surface area contributed by atoms with Crippen LogP contribution < -0.4 is 15.4 Å². The first kappa shape index (κ1) is 19.3. The van der Waals surface area contributed by atoms with Crippen LogP contribution in [-0.2, 0) is 11.5 Å². The second-order valence-electron chi connectivity index (χ2n) is 7.43. The molecule has 2 rings (SSSR count). The van der Waals surface area contributed by atoms with Gasteiger partial charge in [-0.15, -0.1) is 5.10 Å². The maximum Gasteiger partial charge on any atom is 0.185 e. The lowest BCUT2D eigenvalue weighted by molar-refractivity contribution is 0.0785. The second kappa shape index (κ2) is 7.88. The van der Waals surface area contributed by atoms with Crippen LogP contribution in [-0.4, -0.2) is 50.7 Å². The van der Waals surface area contributed by atoms with Crippen molar-refractivity contribution in [3.05, 3.63) is 18.5 Å². The zero-order chi connectivity index (χ0) is 18.6. The van der Waals surface area contributed by atoms with Crippen LogP contribution in [0.1, 0.15) is 0 Å². The van der Waals surface area contributed by atoms with Crippen LogP contribution in [0.2, 0.25) is 25.7 Å². The molecule has 1 heterocycles. The van der Waals surface area contributed by atoms with Gasteiger partial charge in [0.1, 0.15) is 13.1 Å². The largest absolute Gasteiger partial charge is 0.494 e. The summed E-state index contributed by atoms with van der Waals surface area (Å²) in [6.07, 6.45) is 1.67. The molecule has 0 radical (unpaired) electrons. The van der Waals surface area contributed by atoms with Crippen LogP contribution in [0.15, 0.2) is 18.5 Å². The van der Waals surface area contributed by atoms with Crippen molar-refractivity contribution < 1.29 is 9.47 Å². The van der Waals surface area contributed by atoms with Gasteiger partial charge in [0, 0.05) is 28.8 Å². The van der Waals surface area contributed by atoms with Crippen molar-refractivity contribution in [1.82, 2.24) is 14.8 Å². The van der Waals surface area contributed by atoms with Crippen LogP contribution in [0.5, 0.6) is 5.75 Å². The first-order chi connectivity index (χ1) is 11.7. The topological polar surface area (TPSA) is 78.4 Å². The van der Waals surface area contributed by atoms with Crippen molar-refractivity contribution in [2.45, 2.75) is 32.4 Å². The molecule has 1 aromatic carbocycles. The molecule has 138 valence electrons. The summed E-state index contributed by atoms with van der Waals surface area (Å²) in [5, 5.41) is 4.48. The Bertz CT molecular complexity index is 710. The van der Waals surface area contributed by atoms with E-state index in [0.29, 0.717) is 24.0 Å². The normalized spacial score (nSPS) is 11.6. The summed E-state index contributed by atoms with van der Waals surface area (Å²) in [5.41, 5.74) is 8.47. The lowest BCUT2D eigenvalue weighted by Gasteiger charge is -2.18. The Morgan fingerprint density at radius 2 is 1.96 bits per heavy atom. The number of hydrogen-bond donors (Lipinski definition) is 1. The van der Waals surface area contributed by atoms with E-state index < -0.39 is 8.07 Å². The van der Waals surface area contributed by atoms with Crippen LogP contribution in [0.25, 0.3) is 11.4 Å². The fourth-order valence-corrected chi connectivity index (χ4v) is 3.15. The Morgan fingerprint density at radius 3 is 2.56 bits per heavy atom. The maximum absolute atomic E-state index is 6.23. The third-order valence-corrected chi connectivity index (χ3v) is 5.56. The summed E-state index contributed by atoms with van der Waals surface area (Å²) in [6, 6.07) is 5.00. The highest BCUT2D eigenvalue weighted by Crippen LogP contribution is 2.39. The smallest absolute Gasteiger partial charge is 0.185 e. The quantitative estimate of drug-likeness (QED) is 0.441. The van der Waals surface area contributed by atoms with Crippen molar-refractivity contribution in [2.75, 3.05) is 38.4 Å². The van der Waals surface area contributed by atoms with E-state index in [2.05, 4.69) is 29.7 Å². The zero-order valence-corrected chi connectivity index (χ0v) is 17.0. The van der Waals surface area contributed by atoms with Gasteiger partial charge in [-0.25, -0.2) is 9.67 Å². The van der Waals surface area contributed by atoms with Gasteiger partial charge in [0.2, 0.25) is 0 Å². The molecule has 0 amide bonds. The molecule has 0 aliphatic carbocycles. The Kier molecular flexibility index (Phi) is 6.07. The summed E-state index contributed by atoms with van der Waals surface area (Å²) in [4.78, 5) is 6.31. The predicted octanol–water partition coefficient (Wildman–Crippen LogP) is 2.91. The summed E-state index contributed by atoms with van der Waals surface area (Å²) < 4.78 is 12.9. The van der Waals surface area contributed by atoms with E-state index in [1.54, 1.807) is 18.1 Å². The number of nitrogens with zero attached hydrogens (tertiary/aromatic N) is 4. The van der Waals surface area contributed by atoms with Crippen molar-refractivity contribution >= 4 is 19.4 Å². The molecule has 0 unspecified atom stereocenters. The van der Waals surface area contributed by atoms with Crippen molar-refractivity contribution in [3.8, 4) is 17.1 Å². The molecule has 0 bridgehead atoms.